The maximum Gasteiger partial charge on any atom is 0.314 e. The molecular formula is C10H23N3O. The van der Waals surface area contributed by atoms with Crippen molar-refractivity contribution in [2.75, 3.05) is 13.1 Å². The summed E-state index contributed by atoms with van der Waals surface area (Å²) in [7, 11) is 0. The number of unbranched alkanes of at least 4 members (excludes halogenated alkanes) is 1. The first-order valence-electron chi connectivity index (χ1n) is 5.48. The zero-order chi connectivity index (χ0) is 10.8. The highest BCUT2D eigenvalue weighted by Gasteiger charge is 2.03. The molecule has 0 aromatic rings. The van der Waals surface area contributed by atoms with Crippen LogP contribution in [0.5, 0.6) is 0 Å². The van der Waals surface area contributed by atoms with E-state index < -0.39 is 0 Å². The van der Waals surface area contributed by atoms with Gasteiger partial charge in [0.2, 0.25) is 0 Å². The molecule has 4 nitrogen and oxygen atoms in total. The Labute approximate surface area is 86.6 Å². The molecule has 4 N–H and O–H groups in total. The zero-order valence-corrected chi connectivity index (χ0v) is 9.31. The molecule has 0 bridgehead atoms. The fourth-order valence-electron chi connectivity index (χ4n) is 1.14. The van der Waals surface area contributed by atoms with Crippen LogP contribution in [0.1, 0.15) is 39.5 Å². The summed E-state index contributed by atoms with van der Waals surface area (Å²) in [6.07, 6.45) is 4.12. The van der Waals surface area contributed by atoms with Crippen molar-refractivity contribution >= 4 is 6.03 Å². The van der Waals surface area contributed by atoms with Gasteiger partial charge in [-0.05, 0) is 12.8 Å². The van der Waals surface area contributed by atoms with E-state index in [1.807, 2.05) is 0 Å². The minimum atomic E-state index is -0.106. The summed E-state index contributed by atoms with van der Waals surface area (Å²) in [5.74, 6) is 0. The van der Waals surface area contributed by atoms with Gasteiger partial charge >= 0.3 is 6.03 Å². The van der Waals surface area contributed by atoms with Gasteiger partial charge in [0.05, 0.1) is 0 Å². The van der Waals surface area contributed by atoms with E-state index >= 15 is 0 Å². The number of hydrogen-bond donors (Lipinski definition) is 3. The Morgan fingerprint density at radius 2 is 2.00 bits per heavy atom. The maximum absolute atomic E-state index is 11.1. The van der Waals surface area contributed by atoms with Gasteiger partial charge < -0.3 is 16.4 Å². The molecule has 2 amide bonds. The number of carbonyl (C=O) groups excluding carboxylic acids is 1. The lowest BCUT2D eigenvalue weighted by molar-refractivity contribution is 0.240. The number of carbonyl (C=O) groups is 1. The fraction of sp³-hybridized carbons (Fsp3) is 0.900. The molecule has 0 aromatic heterocycles. The number of nitrogens with one attached hydrogen (secondary N) is 2. The second kappa shape index (κ2) is 8.81. The standard InChI is InChI=1S/C10H23N3O/c1-3-5-7-12-10(14)13-8-9(11)6-4-2/h9H,3-8,11H2,1-2H3,(H2,12,13,14). The van der Waals surface area contributed by atoms with Crippen molar-refractivity contribution in [1.29, 1.82) is 0 Å². The van der Waals surface area contributed by atoms with Crippen LogP contribution in [0.2, 0.25) is 0 Å². The van der Waals surface area contributed by atoms with Gasteiger partial charge in [-0.25, -0.2) is 4.79 Å². The van der Waals surface area contributed by atoms with E-state index in [2.05, 4.69) is 24.5 Å². The minimum absolute atomic E-state index is 0.0805. The molecule has 14 heavy (non-hydrogen) atoms. The van der Waals surface area contributed by atoms with Gasteiger partial charge in [-0.2, -0.15) is 0 Å². The van der Waals surface area contributed by atoms with Crippen molar-refractivity contribution in [3.05, 3.63) is 0 Å². The first kappa shape index (κ1) is 13.2. The van der Waals surface area contributed by atoms with E-state index in [-0.39, 0.29) is 12.1 Å². The lowest BCUT2D eigenvalue weighted by atomic mass is 10.2. The predicted octanol–water partition coefficient (Wildman–Crippen LogP) is 1.21. The molecule has 0 radical (unpaired) electrons. The number of nitrogens with two attached hydrogens (primary N) is 1. The van der Waals surface area contributed by atoms with E-state index in [1.165, 1.54) is 0 Å². The highest BCUT2D eigenvalue weighted by atomic mass is 16.2. The van der Waals surface area contributed by atoms with Crippen LogP contribution in [0.3, 0.4) is 0 Å². The molecule has 0 fully saturated rings. The van der Waals surface area contributed by atoms with E-state index in [0.717, 1.165) is 32.2 Å². The SMILES string of the molecule is CCCCNC(=O)NCC(N)CCC. The summed E-state index contributed by atoms with van der Waals surface area (Å²) in [4.78, 5) is 11.1. The second-order valence-electron chi connectivity index (χ2n) is 3.54. The van der Waals surface area contributed by atoms with E-state index in [9.17, 15) is 4.79 Å². The van der Waals surface area contributed by atoms with E-state index in [4.69, 9.17) is 5.73 Å². The molecule has 0 rings (SSSR count). The summed E-state index contributed by atoms with van der Waals surface area (Å²) in [5, 5.41) is 5.53. The maximum atomic E-state index is 11.1. The molecule has 0 aromatic carbocycles. The minimum Gasteiger partial charge on any atom is -0.338 e. The Morgan fingerprint density at radius 1 is 1.29 bits per heavy atom. The predicted molar refractivity (Wildman–Crippen MR) is 59.2 cm³/mol. The molecule has 0 spiro atoms. The van der Waals surface area contributed by atoms with Crippen LogP contribution < -0.4 is 16.4 Å². The second-order valence-corrected chi connectivity index (χ2v) is 3.54. The van der Waals surface area contributed by atoms with Crippen molar-refractivity contribution in [1.82, 2.24) is 10.6 Å². The van der Waals surface area contributed by atoms with Crippen molar-refractivity contribution < 1.29 is 4.79 Å². The number of hydrogen-bond acceptors (Lipinski definition) is 2. The lowest BCUT2D eigenvalue weighted by Gasteiger charge is -2.12. The van der Waals surface area contributed by atoms with Gasteiger partial charge in [0.25, 0.3) is 0 Å². The van der Waals surface area contributed by atoms with Crippen LogP contribution in [0.25, 0.3) is 0 Å². The van der Waals surface area contributed by atoms with Crippen LogP contribution in [-0.4, -0.2) is 25.2 Å². The van der Waals surface area contributed by atoms with Crippen molar-refractivity contribution in [2.45, 2.75) is 45.6 Å². The monoisotopic (exact) mass is 201 g/mol. The van der Waals surface area contributed by atoms with Gasteiger partial charge in [-0.3, -0.25) is 0 Å². The number of urea groups is 1. The van der Waals surface area contributed by atoms with E-state index in [0.29, 0.717) is 6.54 Å². The Bertz CT molecular complexity index is 150. The largest absolute Gasteiger partial charge is 0.338 e. The van der Waals surface area contributed by atoms with Crippen molar-refractivity contribution in [3.8, 4) is 0 Å². The Balaban J connectivity index is 3.34. The number of amides is 2. The average Bonchev–Trinajstić information content (AvgIpc) is 2.16. The topological polar surface area (TPSA) is 67.2 Å². The Morgan fingerprint density at radius 3 is 2.57 bits per heavy atom. The lowest BCUT2D eigenvalue weighted by Crippen LogP contribution is -2.42. The quantitative estimate of drug-likeness (QED) is 0.542. The van der Waals surface area contributed by atoms with Gasteiger partial charge in [0.15, 0.2) is 0 Å². The third-order valence-electron chi connectivity index (χ3n) is 2.00. The van der Waals surface area contributed by atoms with E-state index in [1.54, 1.807) is 0 Å². The molecule has 4 heteroatoms. The first-order chi connectivity index (χ1) is 6.70. The van der Waals surface area contributed by atoms with Crippen LogP contribution in [-0.2, 0) is 0 Å². The summed E-state index contributed by atoms with van der Waals surface area (Å²) >= 11 is 0. The summed E-state index contributed by atoms with van der Waals surface area (Å²) in [6, 6.07) is -0.0260. The third-order valence-corrected chi connectivity index (χ3v) is 2.00. The molecule has 1 atom stereocenters. The zero-order valence-electron chi connectivity index (χ0n) is 9.31. The Kier molecular flexibility index (Phi) is 8.33. The first-order valence-corrected chi connectivity index (χ1v) is 5.48. The van der Waals surface area contributed by atoms with Crippen molar-refractivity contribution in [2.24, 2.45) is 5.73 Å². The summed E-state index contributed by atoms with van der Waals surface area (Å²) < 4.78 is 0. The highest BCUT2D eigenvalue weighted by Crippen LogP contribution is 1.90. The highest BCUT2D eigenvalue weighted by molar-refractivity contribution is 5.73. The molecular weight excluding hydrogens is 178 g/mol. The molecule has 0 saturated carbocycles. The summed E-state index contributed by atoms with van der Waals surface area (Å²) in [6.45, 7) is 5.48. The average molecular weight is 201 g/mol. The summed E-state index contributed by atoms with van der Waals surface area (Å²) in [5.41, 5.74) is 5.74. The van der Waals surface area contributed by atoms with Crippen LogP contribution in [0, 0.1) is 0 Å². The van der Waals surface area contributed by atoms with Gasteiger partial charge in [0.1, 0.15) is 0 Å². The van der Waals surface area contributed by atoms with Crippen LogP contribution in [0.15, 0.2) is 0 Å². The van der Waals surface area contributed by atoms with Gasteiger partial charge in [0, 0.05) is 19.1 Å². The third kappa shape index (κ3) is 7.86. The van der Waals surface area contributed by atoms with Crippen LogP contribution >= 0.6 is 0 Å². The number of rotatable bonds is 7. The van der Waals surface area contributed by atoms with Gasteiger partial charge in [-0.15, -0.1) is 0 Å². The normalized spacial score (nSPS) is 12.2. The molecule has 0 aliphatic heterocycles. The van der Waals surface area contributed by atoms with Crippen LogP contribution in [0.4, 0.5) is 4.79 Å². The fourth-order valence-corrected chi connectivity index (χ4v) is 1.14. The molecule has 0 heterocycles. The smallest absolute Gasteiger partial charge is 0.314 e. The molecule has 0 saturated heterocycles. The molecule has 0 aliphatic carbocycles. The van der Waals surface area contributed by atoms with Crippen molar-refractivity contribution in [3.63, 3.8) is 0 Å². The molecule has 0 aliphatic rings. The molecule has 1 unspecified atom stereocenters. The molecule has 84 valence electrons. The van der Waals surface area contributed by atoms with Gasteiger partial charge in [-0.1, -0.05) is 26.7 Å². The Hall–Kier alpha value is -0.770.